The maximum Gasteiger partial charge on any atom is 0.305 e. The predicted octanol–water partition coefficient (Wildman–Crippen LogP) is 2.39. The van der Waals surface area contributed by atoms with Gasteiger partial charge in [0.15, 0.2) is 0 Å². The minimum Gasteiger partial charge on any atom is -0.469 e. The summed E-state index contributed by atoms with van der Waals surface area (Å²) in [5, 5.41) is 7.24. The van der Waals surface area contributed by atoms with Crippen molar-refractivity contribution in [2.45, 2.75) is 25.7 Å². The van der Waals surface area contributed by atoms with E-state index in [2.05, 4.69) is 20.2 Å². The van der Waals surface area contributed by atoms with Gasteiger partial charge >= 0.3 is 5.97 Å². The lowest BCUT2D eigenvalue weighted by Gasteiger charge is -2.03. The molecule has 0 unspecified atom stereocenters. The smallest absolute Gasteiger partial charge is 0.305 e. The van der Waals surface area contributed by atoms with Crippen LogP contribution in [0.1, 0.15) is 25.2 Å². The standard InChI is InChI=1S/C16H18ClN3O4/c1-23-15(22)3-2-10-18-13(21)8-9-14-19-16(20-24-14)11-4-6-12(17)7-5-11/h4-7H,2-3,8-10H2,1H3,(H,18,21). The molecule has 0 spiro atoms. The maximum absolute atomic E-state index is 11.7. The van der Waals surface area contributed by atoms with Gasteiger partial charge < -0.3 is 14.6 Å². The van der Waals surface area contributed by atoms with Gasteiger partial charge in [-0.2, -0.15) is 4.98 Å². The van der Waals surface area contributed by atoms with Crippen LogP contribution in [-0.2, 0) is 20.7 Å². The number of carbonyl (C=O) groups is 2. The Bertz CT molecular complexity index is 685. The third-order valence-electron chi connectivity index (χ3n) is 3.24. The average molecular weight is 352 g/mol. The Morgan fingerprint density at radius 2 is 2.00 bits per heavy atom. The molecular weight excluding hydrogens is 334 g/mol. The number of nitrogens with one attached hydrogen (secondary N) is 1. The largest absolute Gasteiger partial charge is 0.469 e. The Morgan fingerprint density at radius 1 is 1.25 bits per heavy atom. The van der Waals surface area contributed by atoms with E-state index >= 15 is 0 Å². The molecule has 1 heterocycles. The van der Waals surface area contributed by atoms with Gasteiger partial charge in [-0.3, -0.25) is 9.59 Å². The molecule has 0 aliphatic rings. The molecule has 7 nitrogen and oxygen atoms in total. The number of rotatable bonds is 8. The van der Waals surface area contributed by atoms with Gasteiger partial charge in [0.05, 0.1) is 7.11 Å². The molecule has 128 valence electrons. The lowest BCUT2D eigenvalue weighted by Crippen LogP contribution is -2.25. The summed E-state index contributed by atoms with van der Waals surface area (Å²) < 4.78 is 9.66. The monoisotopic (exact) mass is 351 g/mol. The SMILES string of the molecule is COC(=O)CCCNC(=O)CCc1nc(-c2ccc(Cl)cc2)no1. The van der Waals surface area contributed by atoms with Crippen molar-refractivity contribution < 1.29 is 18.8 Å². The van der Waals surface area contributed by atoms with E-state index in [0.717, 1.165) is 5.56 Å². The molecule has 1 aromatic carbocycles. The van der Waals surface area contributed by atoms with Gasteiger partial charge in [0, 0.05) is 36.4 Å². The predicted molar refractivity (Wildman–Crippen MR) is 87.3 cm³/mol. The maximum atomic E-state index is 11.7. The van der Waals surface area contributed by atoms with E-state index in [1.54, 1.807) is 24.3 Å². The summed E-state index contributed by atoms with van der Waals surface area (Å²) in [6.07, 6.45) is 1.41. The summed E-state index contributed by atoms with van der Waals surface area (Å²) in [5.41, 5.74) is 0.793. The Morgan fingerprint density at radius 3 is 2.71 bits per heavy atom. The Hall–Kier alpha value is -2.41. The van der Waals surface area contributed by atoms with Crippen LogP contribution < -0.4 is 5.32 Å². The molecule has 0 saturated heterocycles. The van der Waals surface area contributed by atoms with Crippen molar-refractivity contribution in [1.29, 1.82) is 0 Å². The minimum absolute atomic E-state index is 0.133. The van der Waals surface area contributed by atoms with E-state index in [4.69, 9.17) is 16.1 Å². The number of esters is 1. The van der Waals surface area contributed by atoms with Crippen LogP contribution in [0.3, 0.4) is 0 Å². The fourth-order valence-corrected chi connectivity index (χ4v) is 2.07. The Labute approximate surface area is 144 Å². The summed E-state index contributed by atoms with van der Waals surface area (Å²) in [7, 11) is 1.34. The zero-order valence-electron chi connectivity index (χ0n) is 13.3. The van der Waals surface area contributed by atoms with Crippen LogP contribution >= 0.6 is 11.6 Å². The van der Waals surface area contributed by atoms with Crippen LogP contribution in [0.25, 0.3) is 11.4 Å². The van der Waals surface area contributed by atoms with E-state index in [1.807, 2.05) is 0 Å². The van der Waals surface area contributed by atoms with Crippen molar-refractivity contribution in [3.05, 3.63) is 35.2 Å². The van der Waals surface area contributed by atoms with Crippen molar-refractivity contribution in [1.82, 2.24) is 15.5 Å². The number of hydrogen-bond acceptors (Lipinski definition) is 6. The summed E-state index contributed by atoms with van der Waals surface area (Å²) in [4.78, 5) is 26.9. The molecule has 0 saturated carbocycles. The van der Waals surface area contributed by atoms with Crippen LogP contribution in [-0.4, -0.2) is 35.7 Å². The van der Waals surface area contributed by atoms with Crippen LogP contribution in [0.15, 0.2) is 28.8 Å². The molecule has 2 aromatic rings. The summed E-state index contributed by atoms with van der Waals surface area (Å²) >= 11 is 5.83. The number of hydrogen-bond donors (Lipinski definition) is 1. The van der Waals surface area contributed by atoms with Gasteiger partial charge in [-0.05, 0) is 30.7 Å². The fraction of sp³-hybridized carbons (Fsp3) is 0.375. The second-order valence-electron chi connectivity index (χ2n) is 5.05. The van der Waals surface area contributed by atoms with Gasteiger partial charge in [0.1, 0.15) is 0 Å². The molecule has 24 heavy (non-hydrogen) atoms. The number of aromatic nitrogens is 2. The highest BCUT2D eigenvalue weighted by molar-refractivity contribution is 6.30. The van der Waals surface area contributed by atoms with Gasteiger partial charge in [-0.15, -0.1) is 0 Å². The number of ether oxygens (including phenoxy) is 1. The Kier molecular flexibility index (Phi) is 6.74. The summed E-state index contributed by atoms with van der Waals surface area (Å²) in [6.45, 7) is 0.424. The number of nitrogens with zero attached hydrogens (tertiary/aromatic N) is 2. The first-order chi connectivity index (χ1) is 11.6. The van der Waals surface area contributed by atoms with E-state index in [-0.39, 0.29) is 24.7 Å². The number of carbonyl (C=O) groups excluding carboxylic acids is 2. The van der Waals surface area contributed by atoms with Crippen LogP contribution in [0.5, 0.6) is 0 Å². The molecule has 0 fully saturated rings. The lowest BCUT2D eigenvalue weighted by atomic mass is 10.2. The van der Waals surface area contributed by atoms with Crippen LogP contribution in [0.4, 0.5) is 0 Å². The van der Waals surface area contributed by atoms with Gasteiger partial charge in [-0.25, -0.2) is 0 Å². The first-order valence-electron chi connectivity index (χ1n) is 7.50. The average Bonchev–Trinajstić information content (AvgIpc) is 3.06. The van der Waals surface area contributed by atoms with Crippen LogP contribution in [0.2, 0.25) is 5.02 Å². The highest BCUT2D eigenvalue weighted by atomic mass is 35.5. The van der Waals surface area contributed by atoms with E-state index < -0.39 is 0 Å². The Balaban J connectivity index is 1.73. The highest BCUT2D eigenvalue weighted by Crippen LogP contribution is 2.18. The van der Waals surface area contributed by atoms with Gasteiger partial charge in [0.25, 0.3) is 0 Å². The molecule has 1 amide bonds. The number of methoxy groups -OCH3 is 1. The molecule has 0 radical (unpaired) electrons. The van der Waals surface area contributed by atoms with Crippen molar-refractivity contribution in [2.24, 2.45) is 0 Å². The summed E-state index contributed by atoms with van der Waals surface area (Å²) in [6, 6.07) is 7.08. The fourth-order valence-electron chi connectivity index (χ4n) is 1.94. The third-order valence-corrected chi connectivity index (χ3v) is 3.50. The van der Waals surface area contributed by atoms with Crippen molar-refractivity contribution in [3.63, 3.8) is 0 Å². The highest BCUT2D eigenvalue weighted by Gasteiger charge is 2.10. The lowest BCUT2D eigenvalue weighted by molar-refractivity contribution is -0.140. The quantitative estimate of drug-likeness (QED) is 0.579. The molecule has 0 aliphatic heterocycles. The number of halogens is 1. The van der Waals surface area contributed by atoms with Crippen molar-refractivity contribution in [3.8, 4) is 11.4 Å². The second-order valence-corrected chi connectivity index (χ2v) is 5.48. The molecule has 1 N–H and O–H groups in total. The normalized spacial score (nSPS) is 10.4. The molecule has 0 bridgehead atoms. The topological polar surface area (TPSA) is 94.3 Å². The first kappa shape index (κ1) is 17.9. The zero-order chi connectivity index (χ0) is 17.4. The second kappa shape index (κ2) is 9.02. The molecule has 8 heteroatoms. The molecule has 1 aromatic heterocycles. The van der Waals surface area contributed by atoms with Gasteiger partial charge in [-0.1, -0.05) is 16.8 Å². The van der Waals surface area contributed by atoms with Crippen molar-refractivity contribution >= 4 is 23.5 Å². The van der Waals surface area contributed by atoms with Crippen molar-refractivity contribution in [2.75, 3.05) is 13.7 Å². The molecule has 0 aliphatic carbocycles. The van der Waals surface area contributed by atoms with E-state index in [0.29, 0.717) is 36.1 Å². The number of benzene rings is 1. The minimum atomic E-state index is -0.287. The third kappa shape index (κ3) is 5.66. The van der Waals surface area contributed by atoms with Crippen LogP contribution in [0, 0.1) is 0 Å². The summed E-state index contributed by atoms with van der Waals surface area (Å²) in [5.74, 6) is 0.431. The molecule has 2 rings (SSSR count). The van der Waals surface area contributed by atoms with E-state index in [1.165, 1.54) is 7.11 Å². The first-order valence-corrected chi connectivity index (χ1v) is 7.88. The van der Waals surface area contributed by atoms with Gasteiger partial charge in [0.2, 0.25) is 17.6 Å². The van der Waals surface area contributed by atoms with E-state index in [9.17, 15) is 9.59 Å². The number of amides is 1. The molecular formula is C16H18ClN3O4. The zero-order valence-corrected chi connectivity index (χ0v) is 14.0. The number of aryl methyl sites for hydroxylation is 1. The molecule has 0 atom stereocenters.